The van der Waals surface area contributed by atoms with Crippen LogP contribution in [-0.2, 0) is 17.1 Å². The Balaban J connectivity index is 1.58. The Kier molecular flexibility index (Phi) is 6.88. The van der Waals surface area contributed by atoms with E-state index in [0.29, 0.717) is 37.2 Å². The number of hydrogen-bond donors (Lipinski definition) is 2. The van der Waals surface area contributed by atoms with Crippen LogP contribution < -0.4 is 0 Å². The molecule has 1 saturated heterocycles. The van der Waals surface area contributed by atoms with E-state index in [0.717, 1.165) is 17.4 Å². The van der Waals surface area contributed by atoms with Gasteiger partial charge in [-0.3, -0.25) is 4.79 Å². The summed E-state index contributed by atoms with van der Waals surface area (Å²) in [5, 5.41) is 26.7. The van der Waals surface area contributed by atoms with Gasteiger partial charge in [-0.05, 0) is 12.8 Å². The summed E-state index contributed by atoms with van der Waals surface area (Å²) in [5.74, 6) is -4.66. The Hall–Kier alpha value is -2.72. The largest absolute Gasteiger partial charge is 0.476 e. The van der Waals surface area contributed by atoms with Crippen LogP contribution >= 0.6 is 11.3 Å². The van der Waals surface area contributed by atoms with Gasteiger partial charge in [-0.2, -0.15) is 8.78 Å². The summed E-state index contributed by atoms with van der Waals surface area (Å²) in [4.78, 5) is 24.6. The van der Waals surface area contributed by atoms with Crippen molar-refractivity contribution < 1.29 is 28.6 Å². The lowest BCUT2D eigenvalue weighted by Crippen LogP contribution is -2.34. The van der Waals surface area contributed by atoms with Crippen molar-refractivity contribution in [1.82, 2.24) is 15.1 Å². The first-order valence-corrected chi connectivity index (χ1v) is 10.3. The molecule has 3 rings (SSSR count). The first-order valence-electron chi connectivity index (χ1n) is 9.44. The summed E-state index contributed by atoms with van der Waals surface area (Å²) in [6.07, 6.45) is 2.29. The molecule has 10 heteroatoms. The number of carbonyl (C=O) groups is 2. The van der Waals surface area contributed by atoms with E-state index in [-0.39, 0.29) is 22.5 Å². The average molecular weight is 437 g/mol. The van der Waals surface area contributed by atoms with Gasteiger partial charge in [0.1, 0.15) is 11.1 Å². The fourth-order valence-corrected chi connectivity index (χ4v) is 3.99. The van der Waals surface area contributed by atoms with Crippen molar-refractivity contribution in [1.29, 1.82) is 0 Å². The Bertz CT molecular complexity index is 920. The molecule has 2 aromatic rings. The van der Waals surface area contributed by atoms with Gasteiger partial charge in [0.15, 0.2) is 0 Å². The van der Waals surface area contributed by atoms with E-state index in [4.69, 9.17) is 5.11 Å². The van der Waals surface area contributed by atoms with Crippen LogP contribution in [0.15, 0.2) is 42.5 Å². The zero-order valence-corrected chi connectivity index (χ0v) is 16.8. The van der Waals surface area contributed by atoms with Gasteiger partial charge in [0, 0.05) is 24.9 Å². The number of benzene rings is 1. The molecule has 1 unspecified atom stereocenters. The Labute approximate surface area is 175 Å². The lowest BCUT2D eigenvalue weighted by atomic mass is 10.0. The molecule has 1 aliphatic rings. The molecule has 0 aliphatic carbocycles. The van der Waals surface area contributed by atoms with Crippen molar-refractivity contribution in [2.24, 2.45) is 0 Å². The number of carbonyl (C=O) groups excluding carboxylic acids is 1. The SMILES string of the molecule is O=C(O)c1nnc(CCCN2C(=O)CC[C@@H]2C=CC(O)C(F)(F)c2ccccc2)s1. The highest BCUT2D eigenvalue weighted by Crippen LogP contribution is 2.32. The maximum absolute atomic E-state index is 14.4. The molecular weight excluding hydrogens is 416 g/mol. The number of aryl methyl sites for hydroxylation is 1. The van der Waals surface area contributed by atoms with Crippen molar-refractivity contribution in [3.63, 3.8) is 0 Å². The van der Waals surface area contributed by atoms with E-state index in [1.807, 2.05) is 0 Å². The molecular formula is C20H21F2N3O4S. The Morgan fingerprint density at radius 2 is 2.07 bits per heavy atom. The molecule has 2 N–H and O–H groups in total. The normalized spacial score (nSPS) is 18.3. The summed E-state index contributed by atoms with van der Waals surface area (Å²) >= 11 is 0.984. The lowest BCUT2D eigenvalue weighted by molar-refractivity contribution is -0.128. The number of carboxylic acids is 1. The molecule has 1 aromatic carbocycles. The maximum atomic E-state index is 14.4. The third-order valence-electron chi connectivity index (χ3n) is 4.86. The first kappa shape index (κ1) is 22.0. The Morgan fingerprint density at radius 1 is 1.33 bits per heavy atom. The number of rotatable bonds is 9. The minimum Gasteiger partial charge on any atom is -0.476 e. The molecule has 7 nitrogen and oxygen atoms in total. The molecule has 0 bridgehead atoms. The second kappa shape index (κ2) is 9.40. The van der Waals surface area contributed by atoms with Crippen LogP contribution in [0.5, 0.6) is 0 Å². The number of aliphatic hydroxyl groups is 1. The van der Waals surface area contributed by atoms with E-state index in [1.165, 1.54) is 30.3 Å². The summed E-state index contributed by atoms with van der Waals surface area (Å²) in [5.41, 5.74) is -0.278. The fourth-order valence-electron chi connectivity index (χ4n) is 3.27. The molecule has 0 radical (unpaired) electrons. The van der Waals surface area contributed by atoms with Crippen molar-refractivity contribution in [3.05, 3.63) is 58.1 Å². The number of aliphatic hydroxyl groups excluding tert-OH is 1. The molecule has 1 aromatic heterocycles. The lowest BCUT2D eigenvalue weighted by Gasteiger charge is -2.24. The molecule has 1 aliphatic heterocycles. The van der Waals surface area contributed by atoms with Crippen molar-refractivity contribution in [2.45, 2.75) is 43.8 Å². The number of nitrogens with zero attached hydrogens (tertiary/aromatic N) is 3. The zero-order chi connectivity index (χ0) is 21.7. The number of alkyl halides is 2. The van der Waals surface area contributed by atoms with E-state index >= 15 is 0 Å². The number of carboxylic acid groups (broad SMARTS) is 1. The van der Waals surface area contributed by atoms with Gasteiger partial charge in [-0.15, -0.1) is 10.2 Å². The predicted octanol–water partition coefficient (Wildman–Crippen LogP) is 2.87. The number of likely N-dealkylation sites (tertiary alicyclic amines) is 1. The van der Waals surface area contributed by atoms with Crippen molar-refractivity contribution in [3.8, 4) is 0 Å². The van der Waals surface area contributed by atoms with E-state index in [1.54, 1.807) is 11.0 Å². The molecule has 2 heterocycles. The standard InChI is InChI=1S/C20H21F2N3O4S/c21-20(22,13-5-2-1-3-6-13)15(26)10-8-14-9-11-17(27)25(14)12-4-7-16-23-24-18(30-16)19(28)29/h1-3,5-6,8,10,14-15,26H,4,7,9,11-12H2,(H,28,29)/t14-,15?/m0/s1. The van der Waals surface area contributed by atoms with Crippen molar-refractivity contribution >= 4 is 23.2 Å². The minimum absolute atomic E-state index is 0.0857. The monoisotopic (exact) mass is 437 g/mol. The number of aromatic nitrogens is 2. The quantitative estimate of drug-likeness (QED) is 0.585. The molecule has 0 spiro atoms. The van der Waals surface area contributed by atoms with E-state index in [9.17, 15) is 23.5 Å². The van der Waals surface area contributed by atoms with Crippen LogP contribution in [0, 0.1) is 0 Å². The van der Waals surface area contributed by atoms with Crippen LogP contribution in [0.3, 0.4) is 0 Å². The number of aromatic carboxylic acids is 1. The summed E-state index contributed by atoms with van der Waals surface area (Å²) in [7, 11) is 0. The van der Waals surface area contributed by atoms with E-state index in [2.05, 4.69) is 10.2 Å². The van der Waals surface area contributed by atoms with Gasteiger partial charge in [-0.1, -0.05) is 53.8 Å². The van der Waals surface area contributed by atoms with Gasteiger partial charge in [-0.25, -0.2) is 4.79 Å². The summed E-state index contributed by atoms with van der Waals surface area (Å²) < 4.78 is 28.8. The maximum Gasteiger partial charge on any atom is 0.367 e. The third kappa shape index (κ3) is 5.06. The smallest absolute Gasteiger partial charge is 0.367 e. The molecule has 1 amide bonds. The molecule has 0 saturated carbocycles. The number of halogens is 2. The highest BCUT2D eigenvalue weighted by Gasteiger charge is 2.39. The van der Waals surface area contributed by atoms with Gasteiger partial charge in [0.25, 0.3) is 0 Å². The average Bonchev–Trinajstić information content (AvgIpc) is 3.34. The molecule has 30 heavy (non-hydrogen) atoms. The predicted molar refractivity (Wildman–Crippen MR) is 105 cm³/mol. The van der Waals surface area contributed by atoms with Crippen LogP contribution in [0.25, 0.3) is 0 Å². The van der Waals surface area contributed by atoms with Crippen LogP contribution in [-0.4, -0.2) is 55.9 Å². The van der Waals surface area contributed by atoms with Crippen LogP contribution in [0.4, 0.5) is 8.78 Å². The summed E-state index contributed by atoms with van der Waals surface area (Å²) in [6.45, 7) is 0.376. The topological polar surface area (TPSA) is 104 Å². The number of hydrogen-bond acceptors (Lipinski definition) is 6. The van der Waals surface area contributed by atoms with Gasteiger partial charge >= 0.3 is 11.9 Å². The molecule has 1 fully saturated rings. The fraction of sp³-hybridized carbons (Fsp3) is 0.400. The molecule has 2 atom stereocenters. The van der Waals surface area contributed by atoms with Crippen LogP contribution in [0.1, 0.15) is 39.6 Å². The van der Waals surface area contributed by atoms with Crippen molar-refractivity contribution in [2.75, 3.05) is 6.54 Å². The second-order valence-electron chi connectivity index (χ2n) is 6.92. The third-order valence-corrected chi connectivity index (χ3v) is 5.83. The van der Waals surface area contributed by atoms with Gasteiger partial charge < -0.3 is 15.1 Å². The first-order chi connectivity index (χ1) is 14.3. The highest BCUT2D eigenvalue weighted by molar-refractivity contribution is 7.13. The summed E-state index contributed by atoms with van der Waals surface area (Å²) in [6, 6.07) is 6.72. The Morgan fingerprint density at radius 3 is 2.73 bits per heavy atom. The second-order valence-corrected chi connectivity index (χ2v) is 7.98. The molecule has 160 valence electrons. The van der Waals surface area contributed by atoms with Crippen LogP contribution in [0.2, 0.25) is 0 Å². The highest BCUT2D eigenvalue weighted by atomic mass is 32.1. The number of amides is 1. The van der Waals surface area contributed by atoms with Gasteiger partial charge in [0.2, 0.25) is 10.9 Å². The minimum atomic E-state index is -3.44. The zero-order valence-electron chi connectivity index (χ0n) is 15.9. The van der Waals surface area contributed by atoms with E-state index < -0.39 is 18.0 Å². The van der Waals surface area contributed by atoms with Gasteiger partial charge in [0.05, 0.1) is 6.04 Å².